The van der Waals surface area contributed by atoms with E-state index in [9.17, 15) is 14.4 Å². The van der Waals surface area contributed by atoms with E-state index in [1.165, 1.54) is 0 Å². The van der Waals surface area contributed by atoms with Crippen LogP contribution >= 0.6 is 15.9 Å². The summed E-state index contributed by atoms with van der Waals surface area (Å²) >= 11 is 3.58. The zero-order valence-corrected chi connectivity index (χ0v) is 24.3. The van der Waals surface area contributed by atoms with Gasteiger partial charge in [-0.3, -0.25) is 29.3 Å². The second-order valence-electron chi connectivity index (χ2n) is 11.4. The van der Waals surface area contributed by atoms with Crippen molar-refractivity contribution in [2.24, 2.45) is 12.5 Å². The van der Waals surface area contributed by atoms with E-state index in [2.05, 4.69) is 48.5 Å². The Bertz CT molecular complexity index is 1490. The summed E-state index contributed by atoms with van der Waals surface area (Å²) in [6.45, 7) is 4.17. The van der Waals surface area contributed by atoms with Crippen molar-refractivity contribution in [3.8, 4) is 5.75 Å². The number of anilines is 1. The standard InChI is InChI=1S/C29H33BrN6O4/c1-17-21(30)4-3-5-22(17)40-18-14-29(15-18)10-12-36(13-11-29)16-25(38)31-23-8-6-19-26(34-35(2)27(19)32-23)20-7-9-24(37)33-28(20)39/h3-6,8,18,20H,7,9-16H2,1-2H3,(H,31,32,38)(H,33,37,39). The lowest BCUT2D eigenvalue weighted by molar-refractivity contribution is -0.134. The van der Waals surface area contributed by atoms with Crippen LogP contribution in [0.4, 0.5) is 5.82 Å². The Kier molecular flexibility index (Phi) is 7.12. The Morgan fingerprint density at radius 1 is 1.20 bits per heavy atom. The van der Waals surface area contributed by atoms with E-state index in [1.807, 2.05) is 24.3 Å². The van der Waals surface area contributed by atoms with Crippen molar-refractivity contribution in [1.82, 2.24) is 25.0 Å². The van der Waals surface area contributed by atoms with Crippen LogP contribution in [0.5, 0.6) is 5.75 Å². The summed E-state index contributed by atoms with van der Waals surface area (Å²) in [6.07, 6.45) is 5.23. The third kappa shape index (κ3) is 5.24. The molecule has 3 fully saturated rings. The third-order valence-electron chi connectivity index (χ3n) is 8.67. The SMILES string of the molecule is Cc1c(Br)cccc1OC1CC2(CCN(CC(=O)Nc3ccc4c(C5CCC(=O)NC5=O)nn(C)c4n3)CC2)C1. The Balaban J connectivity index is 1.01. The number of benzene rings is 1. The lowest BCUT2D eigenvalue weighted by atomic mass is 9.61. The van der Waals surface area contributed by atoms with Crippen LogP contribution in [-0.2, 0) is 21.4 Å². The number of pyridine rings is 1. The Morgan fingerprint density at radius 3 is 2.73 bits per heavy atom. The van der Waals surface area contributed by atoms with Crippen molar-refractivity contribution in [1.29, 1.82) is 0 Å². The number of hydrogen-bond acceptors (Lipinski definition) is 7. The molecule has 3 amide bonds. The highest BCUT2D eigenvalue weighted by Crippen LogP contribution is 2.50. The van der Waals surface area contributed by atoms with Crippen molar-refractivity contribution in [2.45, 2.75) is 57.5 Å². The molecule has 1 aliphatic carbocycles. The van der Waals surface area contributed by atoms with Crippen LogP contribution in [0, 0.1) is 12.3 Å². The van der Waals surface area contributed by atoms with E-state index >= 15 is 0 Å². The van der Waals surface area contributed by atoms with Gasteiger partial charge in [-0.2, -0.15) is 5.10 Å². The van der Waals surface area contributed by atoms with Gasteiger partial charge in [0, 0.05) is 28.9 Å². The highest BCUT2D eigenvalue weighted by molar-refractivity contribution is 9.10. The first-order valence-electron chi connectivity index (χ1n) is 13.8. The number of aryl methyl sites for hydroxylation is 1. The molecule has 1 spiro atoms. The lowest BCUT2D eigenvalue weighted by Gasteiger charge is -2.51. The van der Waals surface area contributed by atoms with Gasteiger partial charge >= 0.3 is 0 Å². The minimum Gasteiger partial charge on any atom is -0.490 e. The van der Waals surface area contributed by atoms with Gasteiger partial charge in [0.1, 0.15) is 11.6 Å². The molecular formula is C29H33BrN6O4. The average molecular weight is 610 g/mol. The zero-order chi connectivity index (χ0) is 28.0. The summed E-state index contributed by atoms with van der Waals surface area (Å²) in [7, 11) is 1.76. The summed E-state index contributed by atoms with van der Waals surface area (Å²) < 4.78 is 8.96. The molecule has 2 aliphatic heterocycles. The lowest BCUT2D eigenvalue weighted by Crippen LogP contribution is -2.51. The summed E-state index contributed by atoms with van der Waals surface area (Å²) in [5, 5.41) is 10.6. The second kappa shape index (κ2) is 10.6. The van der Waals surface area contributed by atoms with Gasteiger partial charge in [0.2, 0.25) is 17.7 Å². The number of piperidine rings is 2. The van der Waals surface area contributed by atoms with E-state index < -0.39 is 5.92 Å². The van der Waals surface area contributed by atoms with Crippen molar-refractivity contribution < 1.29 is 19.1 Å². The zero-order valence-electron chi connectivity index (χ0n) is 22.7. The normalized spacial score (nSPS) is 21.3. The predicted octanol–water partition coefficient (Wildman–Crippen LogP) is 3.82. The molecule has 0 bridgehead atoms. The topological polar surface area (TPSA) is 118 Å². The average Bonchev–Trinajstić information content (AvgIpc) is 3.22. The van der Waals surface area contributed by atoms with Crippen LogP contribution in [0.3, 0.4) is 0 Å². The first-order valence-corrected chi connectivity index (χ1v) is 14.6. The number of aromatic nitrogens is 3. The molecule has 1 saturated carbocycles. The van der Waals surface area contributed by atoms with Crippen LogP contribution in [0.25, 0.3) is 11.0 Å². The number of rotatable bonds is 6. The van der Waals surface area contributed by atoms with Gasteiger partial charge in [-0.1, -0.05) is 22.0 Å². The number of nitrogens with one attached hydrogen (secondary N) is 2. The molecule has 11 heteroatoms. The van der Waals surface area contributed by atoms with Gasteiger partial charge in [0.05, 0.1) is 24.3 Å². The van der Waals surface area contributed by atoms with E-state index in [1.54, 1.807) is 17.8 Å². The van der Waals surface area contributed by atoms with Gasteiger partial charge < -0.3 is 10.1 Å². The number of imide groups is 1. The minimum absolute atomic E-state index is 0.102. The molecule has 2 saturated heterocycles. The first kappa shape index (κ1) is 26.9. The number of carbonyl (C=O) groups is 3. The Morgan fingerprint density at radius 2 is 1.98 bits per heavy atom. The molecule has 40 heavy (non-hydrogen) atoms. The number of carbonyl (C=O) groups excluding carboxylic acids is 3. The highest BCUT2D eigenvalue weighted by atomic mass is 79.9. The van der Waals surface area contributed by atoms with E-state index in [0.29, 0.717) is 35.5 Å². The van der Waals surface area contributed by atoms with Crippen molar-refractivity contribution in [2.75, 3.05) is 25.0 Å². The van der Waals surface area contributed by atoms with Crippen LogP contribution < -0.4 is 15.4 Å². The smallest absolute Gasteiger partial charge is 0.239 e. The molecule has 1 unspecified atom stereocenters. The number of ether oxygens (including phenoxy) is 1. The van der Waals surface area contributed by atoms with E-state index in [4.69, 9.17) is 4.74 Å². The molecule has 3 aromatic rings. The highest BCUT2D eigenvalue weighted by Gasteiger charge is 2.47. The number of amides is 3. The van der Waals surface area contributed by atoms with Crippen LogP contribution in [0.1, 0.15) is 55.7 Å². The Hall–Kier alpha value is -3.31. The molecule has 4 heterocycles. The fourth-order valence-electron chi connectivity index (χ4n) is 6.30. The fourth-order valence-corrected chi connectivity index (χ4v) is 6.65. The molecule has 6 rings (SSSR count). The summed E-state index contributed by atoms with van der Waals surface area (Å²) in [4.78, 5) is 43.6. The van der Waals surface area contributed by atoms with Crippen molar-refractivity contribution in [3.63, 3.8) is 0 Å². The van der Waals surface area contributed by atoms with Gasteiger partial charge in [0.15, 0.2) is 5.65 Å². The molecule has 3 aliphatic rings. The molecule has 1 atom stereocenters. The summed E-state index contributed by atoms with van der Waals surface area (Å²) in [5.41, 5.74) is 2.64. The quantitative estimate of drug-likeness (QED) is 0.408. The van der Waals surface area contributed by atoms with Crippen LogP contribution in [0.15, 0.2) is 34.8 Å². The monoisotopic (exact) mass is 608 g/mol. The van der Waals surface area contributed by atoms with Gasteiger partial charge in [-0.25, -0.2) is 4.98 Å². The van der Waals surface area contributed by atoms with E-state index in [0.717, 1.165) is 59.9 Å². The number of nitrogens with zero attached hydrogens (tertiary/aromatic N) is 4. The van der Waals surface area contributed by atoms with Gasteiger partial charge in [0.25, 0.3) is 0 Å². The molecule has 2 aromatic heterocycles. The summed E-state index contributed by atoms with van der Waals surface area (Å²) in [6, 6.07) is 9.64. The minimum atomic E-state index is -0.492. The Labute approximate surface area is 241 Å². The number of likely N-dealkylation sites (tertiary alicyclic amines) is 1. The fraction of sp³-hybridized carbons (Fsp3) is 0.483. The molecule has 10 nitrogen and oxygen atoms in total. The molecule has 210 valence electrons. The maximum absolute atomic E-state index is 12.9. The molecule has 1 aromatic carbocycles. The number of fused-ring (bicyclic) bond motifs is 1. The number of halogens is 1. The third-order valence-corrected chi connectivity index (χ3v) is 9.53. The summed E-state index contributed by atoms with van der Waals surface area (Å²) in [5.74, 6) is 0.218. The van der Waals surface area contributed by atoms with Crippen LogP contribution in [-0.4, -0.2) is 63.1 Å². The second-order valence-corrected chi connectivity index (χ2v) is 12.3. The van der Waals surface area contributed by atoms with E-state index in [-0.39, 0.29) is 30.2 Å². The first-order chi connectivity index (χ1) is 19.2. The largest absolute Gasteiger partial charge is 0.490 e. The predicted molar refractivity (Wildman–Crippen MR) is 153 cm³/mol. The number of hydrogen-bond donors (Lipinski definition) is 2. The maximum atomic E-state index is 12.9. The van der Waals surface area contributed by atoms with Gasteiger partial charge in [-0.15, -0.1) is 0 Å². The molecular weight excluding hydrogens is 576 g/mol. The van der Waals surface area contributed by atoms with Crippen molar-refractivity contribution in [3.05, 3.63) is 46.1 Å². The maximum Gasteiger partial charge on any atom is 0.239 e. The molecule has 2 N–H and O–H groups in total. The van der Waals surface area contributed by atoms with Gasteiger partial charge in [-0.05, 0) is 81.8 Å². The van der Waals surface area contributed by atoms with Crippen LogP contribution in [0.2, 0.25) is 0 Å². The van der Waals surface area contributed by atoms with Crippen molar-refractivity contribution >= 4 is 50.5 Å². The molecule has 0 radical (unpaired) electrons.